The van der Waals surface area contributed by atoms with Crippen LogP contribution in [0.1, 0.15) is 17.3 Å². The molecule has 0 bridgehead atoms. The highest BCUT2D eigenvalue weighted by molar-refractivity contribution is 5.95. The monoisotopic (exact) mass is 277 g/mol. The van der Waals surface area contributed by atoms with Gasteiger partial charge in [-0.25, -0.2) is 4.79 Å². The summed E-state index contributed by atoms with van der Waals surface area (Å²) < 4.78 is 15.2. The fraction of sp³-hybridized carbons (Fsp3) is 0.286. The minimum atomic E-state index is -0.655. The average Bonchev–Trinajstić information content (AvgIpc) is 2.46. The van der Waals surface area contributed by atoms with Crippen molar-refractivity contribution in [2.45, 2.75) is 6.92 Å². The van der Waals surface area contributed by atoms with E-state index in [-0.39, 0.29) is 12.2 Å². The van der Waals surface area contributed by atoms with Gasteiger partial charge in [0.05, 0.1) is 31.7 Å². The number of aromatic nitrogens is 1. The molecule has 0 saturated carbocycles. The molecule has 20 heavy (non-hydrogen) atoms. The first-order valence-corrected chi connectivity index (χ1v) is 6.06. The maximum Gasteiger partial charge on any atom is 0.343 e. The number of carbonyl (C=O) groups excluding carboxylic acids is 1. The number of nitrogens with one attached hydrogen (secondary N) is 1. The first-order valence-electron chi connectivity index (χ1n) is 6.06. The third kappa shape index (κ3) is 2.32. The standard InChI is InChI=1S/C14H15NO5/c1-4-20-14(17)10-7-15-12-9(13(10)16)5-8(18-2)6-11(12)19-3/h5-7H,4H2,1-3H3,(H,15,16). The second kappa shape index (κ2) is 5.64. The number of hydrogen-bond donors (Lipinski definition) is 1. The third-order valence-electron chi connectivity index (χ3n) is 2.88. The van der Waals surface area contributed by atoms with E-state index in [1.165, 1.54) is 20.4 Å². The molecule has 2 rings (SSSR count). The molecule has 0 saturated heterocycles. The molecule has 1 heterocycles. The van der Waals surface area contributed by atoms with E-state index in [9.17, 15) is 9.59 Å². The Kier molecular flexibility index (Phi) is 3.93. The minimum absolute atomic E-state index is 0.0466. The van der Waals surface area contributed by atoms with Crippen molar-refractivity contribution in [3.05, 3.63) is 34.1 Å². The highest BCUT2D eigenvalue weighted by Gasteiger charge is 2.16. The van der Waals surface area contributed by atoms with Crippen molar-refractivity contribution in [3.63, 3.8) is 0 Å². The molecule has 2 aromatic rings. The lowest BCUT2D eigenvalue weighted by molar-refractivity contribution is 0.0524. The Balaban J connectivity index is 2.71. The quantitative estimate of drug-likeness (QED) is 0.861. The predicted molar refractivity (Wildman–Crippen MR) is 73.6 cm³/mol. The number of carbonyl (C=O) groups is 1. The third-order valence-corrected chi connectivity index (χ3v) is 2.88. The summed E-state index contributed by atoms with van der Waals surface area (Å²) in [4.78, 5) is 27.0. The Morgan fingerprint density at radius 2 is 2.00 bits per heavy atom. The second-order valence-corrected chi connectivity index (χ2v) is 4.00. The van der Waals surface area contributed by atoms with Crippen molar-refractivity contribution in [2.75, 3.05) is 20.8 Å². The largest absolute Gasteiger partial charge is 0.497 e. The molecule has 1 aromatic heterocycles. The van der Waals surface area contributed by atoms with E-state index in [0.29, 0.717) is 22.4 Å². The maximum absolute atomic E-state index is 12.3. The molecular formula is C14H15NO5. The Morgan fingerprint density at radius 3 is 2.60 bits per heavy atom. The van der Waals surface area contributed by atoms with Crippen molar-refractivity contribution >= 4 is 16.9 Å². The van der Waals surface area contributed by atoms with Gasteiger partial charge in [0.2, 0.25) is 5.43 Å². The molecule has 106 valence electrons. The molecule has 0 aliphatic carbocycles. The Labute approximate surface area is 115 Å². The average molecular weight is 277 g/mol. The van der Waals surface area contributed by atoms with Crippen LogP contribution in [-0.2, 0) is 4.74 Å². The number of esters is 1. The normalized spacial score (nSPS) is 10.3. The van der Waals surface area contributed by atoms with E-state index in [2.05, 4.69) is 4.98 Å². The van der Waals surface area contributed by atoms with E-state index >= 15 is 0 Å². The van der Waals surface area contributed by atoms with Crippen LogP contribution in [0.15, 0.2) is 23.1 Å². The Bertz CT molecular complexity index is 705. The zero-order chi connectivity index (χ0) is 14.7. The molecule has 0 aliphatic rings. The number of rotatable bonds is 4. The summed E-state index contributed by atoms with van der Waals surface area (Å²) in [6.45, 7) is 1.89. The molecule has 0 aliphatic heterocycles. The SMILES string of the molecule is CCOC(=O)c1c[nH]c2c(OC)cc(OC)cc2c1=O. The number of benzene rings is 1. The van der Waals surface area contributed by atoms with Crippen LogP contribution in [0.5, 0.6) is 11.5 Å². The van der Waals surface area contributed by atoms with Crippen molar-refractivity contribution < 1.29 is 19.0 Å². The first kappa shape index (κ1) is 13.9. The van der Waals surface area contributed by atoms with Crippen LogP contribution in [0.4, 0.5) is 0 Å². The van der Waals surface area contributed by atoms with Crippen LogP contribution in [-0.4, -0.2) is 31.8 Å². The number of H-pyrrole nitrogens is 1. The van der Waals surface area contributed by atoms with Crippen LogP contribution in [0.2, 0.25) is 0 Å². The molecule has 0 amide bonds. The molecule has 1 aromatic carbocycles. The first-order chi connectivity index (χ1) is 9.62. The minimum Gasteiger partial charge on any atom is -0.497 e. The van der Waals surface area contributed by atoms with Crippen molar-refractivity contribution in [3.8, 4) is 11.5 Å². The lowest BCUT2D eigenvalue weighted by Gasteiger charge is -2.09. The highest BCUT2D eigenvalue weighted by Crippen LogP contribution is 2.27. The summed E-state index contributed by atoms with van der Waals surface area (Å²) in [6.07, 6.45) is 1.33. The smallest absolute Gasteiger partial charge is 0.343 e. The summed E-state index contributed by atoms with van der Waals surface area (Å²) in [7, 11) is 2.98. The summed E-state index contributed by atoms with van der Waals surface area (Å²) in [5, 5.41) is 0.312. The lowest BCUT2D eigenvalue weighted by Crippen LogP contribution is -2.18. The van der Waals surface area contributed by atoms with Gasteiger partial charge in [0.25, 0.3) is 0 Å². The molecule has 6 nitrogen and oxygen atoms in total. The van der Waals surface area contributed by atoms with Gasteiger partial charge < -0.3 is 19.2 Å². The molecule has 0 radical (unpaired) electrons. The summed E-state index contributed by atoms with van der Waals surface area (Å²) in [6, 6.07) is 3.21. The van der Waals surface area contributed by atoms with Crippen LogP contribution in [0.25, 0.3) is 10.9 Å². The molecular weight excluding hydrogens is 262 g/mol. The molecule has 0 spiro atoms. The number of methoxy groups -OCH3 is 2. The van der Waals surface area contributed by atoms with Crippen LogP contribution in [0.3, 0.4) is 0 Å². The summed E-state index contributed by atoms with van der Waals surface area (Å²) in [5.74, 6) is 0.283. The number of pyridine rings is 1. The van der Waals surface area contributed by atoms with Crippen LogP contribution >= 0.6 is 0 Å². The van der Waals surface area contributed by atoms with Crippen molar-refractivity contribution in [1.82, 2.24) is 4.98 Å². The molecule has 0 fully saturated rings. The van der Waals surface area contributed by atoms with E-state index in [0.717, 1.165) is 0 Å². The maximum atomic E-state index is 12.3. The fourth-order valence-corrected chi connectivity index (χ4v) is 1.91. The van der Waals surface area contributed by atoms with Crippen molar-refractivity contribution in [1.29, 1.82) is 0 Å². The van der Waals surface area contributed by atoms with Gasteiger partial charge in [-0.05, 0) is 13.0 Å². The molecule has 6 heteroatoms. The number of ether oxygens (including phenoxy) is 3. The predicted octanol–water partition coefficient (Wildman–Crippen LogP) is 1.72. The van der Waals surface area contributed by atoms with Gasteiger partial charge >= 0.3 is 5.97 Å². The molecule has 0 unspecified atom stereocenters. The van der Waals surface area contributed by atoms with E-state index < -0.39 is 11.4 Å². The summed E-state index contributed by atoms with van der Waals surface area (Å²) in [5.41, 5.74) is 0.0374. The van der Waals surface area contributed by atoms with Crippen LogP contribution < -0.4 is 14.9 Å². The second-order valence-electron chi connectivity index (χ2n) is 4.00. The van der Waals surface area contributed by atoms with Gasteiger partial charge in [0.15, 0.2) is 0 Å². The van der Waals surface area contributed by atoms with Gasteiger partial charge in [-0.2, -0.15) is 0 Å². The van der Waals surface area contributed by atoms with Crippen LogP contribution in [0, 0.1) is 0 Å². The Hall–Kier alpha value is -2.50. The van der Waals surface area contributed by atoms with Crippen molar-refractivity contribution in [2.24, 2.45) is 0 Å². The Morgan fingerprint density at radius 1 is 1.25 bits per heavy atom. The molecule has 0 atom stereocenters. The van der Waals surface area contributed by atoms with Gasteiger partial charge in [-0.15, -0.1) is 0 Å². The van der Waals surface area contributed by atoms with E-state index in [1.54, 1.807) is 19.1 Å². The van der Waals surface area contributed by atoms with Gasteiger partial charge in [-0.1, -0.05) is 0 Å². The number of hydrogen-bond acceptors (Lipinski definition) is 5. The number of fused-ring (bicyclic) bond motifs is 1. The fourth-order valence-electron chi connectivity index (χ4n) is 1.91. The topological polar surface area (TPSA) is 77.6 Å². The van der Waals surface area contributed by atoms with E-state index in [1.807, 2.05) is 0 Å². The summed E-state index contributed by atoms with van der Waals surface area (Å²) >= 11 is 0. The zero-order valence-electron chi connectivity index (χ0n) is 11.5. The number of aromatic amines is 1. The lowest BCUT2D eigenvalue weighted by atomic mass is 10.1. The van der Waals surface area contributed by atoms with E-state index in [4.69, 9.17) is 14.2 Å². The zero-order valence-corrected chi connectivity index (χ0v) is 11.5. The van der Waals surface area contributed by atoms with Gasteiger partial charge in [0, 0.05) is 12.3 Å². The van der Waals surface area contributed by atoms with Gasteiger partial charge in [-0.3, -0.25) is 4.79 Å². The van der Waals surface area contributed by atoms with Gasteiger partial charge in [0.1, 0.15) is 17.1 Å². The highest BCUT2D eigenvalue weighted by atomic mass is 16.5. The molecule has 1 N–H and O–H groups in total.